The van der Waals surface area contributed by atoms with Crippen molar-refractivity contribution in [2.75, 3.05) is 19.4 Å². The van der Waals surface area contributed by atoms with Crippen molar-refractivity contribution in [2.45, 2.75) is 24.3 Å². The van der Waals surface area contributed by atoms with E-state index in [1.807, 2.05) is 0 Å². The summed E-state index contributed by atoms with van der Waals surface area (Å²) in [6.45, 7) is 1.70. The van der Waals surface area contributed by atoms with Gasteiger partial charge in [0.05, 0.1) is 13.2 Å². The van der Waals surface area contributed by atoms with Gasteiger partial charge in [-0.2, -0.15) is 0 Å². The van der Waals surface area contributed by atoms with Crippen molar-refractivity contribution in [3.8, 4) is 5.75 Å². The number of nitrogens with two attached hydrogens (primary N) is 1. The van der Waals surface area contributed by atoms with Crippen LogP contribution in [-0.4, -0.2) is 33.3 Å². The molecular weight excluding hydrogens is 336 g/mol. The fraction of sp³-hybridized carbons (Fsp3) is 0.455. The molecule has 0 fully saturated rings. The zero-order valence-corrected chi connectivity index (χ0v) is 13.1. The molecule has 108 valence electrons. The van der Waals surface area contributed by atoms with E-state index in [4.69, 9.17) is 10.5 Å². The number of halogens is 1. The lowest BCUT2D eigenvalue weighted by atomic mass is 10.3. The second kappa shape index (κ2) is 6.56. The van der Waals surface area contributed by atoms with E-state index in [1.165, 1.54) is 19.2 Å². The van der Waals surface area contributed by atoms with Crippen LogP contribution in [-0.2, 0) is 10.0 Å². The summed E-state index contributed by atoms with van der Waals surface area (Å²) in [7, 11) is -2.41. The number of hydrogen-bond acceptors (Lipinski definition) is 5. The number of hydrogen-bond donors (Lipinski definition) is 3. The molecule has 6 nitrogen and oxygen atoms in total. The van der Waals surface area contributed by atoms with Crippen molar-refractivity contribution < 1.29 is 18.3 Å². The van der Waals surface area contributed by atoms with Gasteiger partial charge in [-0.15, -0.1) is 0 Å². The van der Waals surface area contributed by atoms with Crippen molar-refractivity contribution in [3.05, 3.63) is 16.6 Å². The smallest absolute Gasteiger partial charge is 0.244 e. The number of methoxy groups -OCH3 is 1. The molecule has 0 saturated heterocycles. The average Bonchev–Trinajstić information content (AvgIpc) is 2.38. The van der Waals surface area contributed by atoms with Gasteiger partial charge in [-0.25, -0.2) is 13.1 Å². The first-order chi connectivity index (χ1) is 8.81. The number of nitrogens with one attached hydrogen (secondary N) is 1. The van der Waals surface area contributed by atoms with Gasteiger partial charge in [-0.3, -0.25) is 0 Å². The summed E-state index contributed by atoms with van der Waals surface area (Å²) >= 11 is 3.20. The van der Waals surface area contributed by atoms with Crippen LogP contribution in [0.15, 0.2) is 21.5 Å². The van der Waals surface area contributed by atoms with Gasteiger partial charge >= 0.3 is 0 Å². The van der Waals surface area contributed by atoms with Gasteiger partial charge in [0.25, 0.3) is 0 Å². The fourth-order valence-corrected chi connectivity index (χ4v) is 2.93. The van der Waals surface area contributed by atoms with Crippen molar-refractivity contribution in [3.63, 3.8) is 0 Å². The first kappa shape index (κ1) is 16.2. The number of aliphatic hydroxyl groups is 1. The Kier molecular flexibility index (Phi) is 5.60. The molecule has 19 heavy (non-hydrogen) atoms. The highest BCUT2D eigenvalue weighted by atomic mass is 79.9. The third-order valence-corrected chi connectivity index (χ3v) is 4.68. The quantitative estimate of drug-likeness (QED) is 0.665. The number of ether oxygens (including phenoxy) is 1. The minimum Gasteiger partial charge on any atom is -0.495 e. The molecule has 0 aliphatic rings. The molecular formula is C11H17BrN2O4S. The Hall–Kier alpha value is -0.830. The number of rotatable bonds is 6. The third-order valence-electron chi connectivity index (χ3n) is 2.55. The van der Waals surface area contributed by atoms with Crippen molar-refractivity contribution in [1.29, 1.82) is 0 Å². The fourth-order valence-electron chi connectivity index (χ4n) is 1.35. The minimum absolute atomic E-state index is 0.0565. The maximum atomic E-state index is 12.1. The highest BCUT2D eigenvalue weighted by Crippen LogP contribution is 2.32. The molecule has 0 heterocycles. The van der Waals surface area contributed by atoms with Gasteiger partial charge in [-0.05, 0) is 34.5 Å². The highest BCUT2D eigenvalue weighted by molar-refractivity contribution is 9.10. The van der Waals surface area contributed by atoms with Gasteiger partial charge in [0.1, 0.15) is 10.6 Å². The molecule has 4 N–H and O–H groups in total. The van der Waals surface area contributed by atoms with Crippen LogP contribution in [0.1, 0.15) is 13.3 Å². The van der Waals surface area contributed by atoms with Crippen molar-refractivity contribution in [1.82, 2.24) is 4.72 Å². The molecule has 0 radical (unpaired) electrons. The molecule has 1 aromatic carbocycles. The van der Waals surface area contributed by atoms with E-state index in [-0.39, 0.29) is 22.9 Å². The predicted octanol–water partition coefficient (Wildman–Crippen LogP) is 1.09. The number of benzene rings is 1. The topological polar surface area (TPSA) is 102 Å². The second-order valence-corrected chi connectivity index (χ2v) is 6.53. The minimum atomic E-state index is -3.78. The van der Waals surface area contributed by atoms with Crippen LogP contribution in [0.25, 0.3) is 0 Å². The summed E-state index contributed by atoms with van der Waals surface area (Å²) in [4.78, 5) is -0.0565. The molecule has 1 aromatic rings. The first-order valence-electron chi connectivity index (χ1n) is 5.62. The van der Waals surface area contributed by atoms with Crippen LogP contribution >= 0.6 is 15.9 Å². The summed E-state index contributed by atoms with van der Waals surface area (Å²) in [5.74, 6) is 0.180. The molecule has 0 aliphatic heterocycles. The maximum absolute atomic E-state index is 12.1. The first-order valence-corrected chi connectivity index (χ1v) is 7.90. The van der Waals surface area contributed by atoms with Gasteiger partial charge in [-0.1, -0.05) is 6.92 Å². The number of aliphatic hydroxyl groups excluding tert-OH is 1. The Morgan fingerprint density at radius 2 is 2.16 bits per heavy atom. The number of sulfonamides is 1. The molecule has 1 unspecified atom stereocenters. The van der Waals surface area contributed by atoms with Gasteiger partial charge < -0.3 is 15.6 Å². The monoisotopic (exact) mass is 352 g/mol. The zero-order chi connectivity index (χ0) is 14.6. The Labute approximate surface area is 121 Å². The SMILES string of the molecule is CCC(O)CNS(=O)(=O)c1cc(N)c(Br)cc1OC. The van der Waals surface area contributed by atoms with Crippen LogP contribution in [0, 0.1) is 0 Å². The summed E-state index contributed by atoms with van der Waals surface area (Å²) in [6.07, 6.45) is -0.268. The van der Waals surface area contributed by atoms with E-state index < -0.39 is 16.1 Å². The van der Waals surface area contributed by atoms with Gasteiger partial charge in [0.15, 0.2) is 0 Å². The standard InChI is InChI=1S/C11H17BrN2O4S/c1-3-7(15)6-14-19(16,17)11-5-9(13)8(12)4-10(11)18-2/h4-5,7,14-15H,3,6,13H2,1-2H3. The Morgan fingerprint density at radius 1 is 1.53 bits per heavy atom. The van der Waals surface area contributed by atoms with E-state index in [0.717, 1.165) is 0 Å². The van der Waals surface area contributed by atoms with Crippen molar-refractivity contribution in [2.24, 2.45) is 0 Å². The normalized spacial score (nSPS) is 13.3. The van der Waals surface area contributed by atoms with E-state index in [2.05, 4.69) is 20.7 Å². The molecule has 0 bridgehead atoms. The maximum Gasteiger partial charge on any atom is 0.244 e. The number of nitrogen functional groups attached to an aromatic ring is 1. The molecule has 8 heteroatoms. The van der Waals surface area contributed by atoms with E-state index in [9.17, 15) is 13.5 Å². The lowest BCUT2D eigenvalue weighted by molar-refractivity contribution is 0.174. The van der Waals surface area contributed by atoms with E-state index >= 15 is 0 Å². The summed E-state index contributed by atoms with van der Waals surface area (Å²) in [5, 5.41) is 9.40. The lowest BCUT2D eigenvalue weighted by Crippen LogP contribution is -2.32. The lowest BCUT2D eigenvalue weighted by Gasteiger charge is -2.14. The Morgan fingerprint density at radius 3 is 2.68 bits per heavy atom. The van der Waals surface area contributed by atoms with Crippen molar-refractivity contribution >= 4 is 31.6 Å². The van der Waals surface area contributed by atoms with Gasteiger partial charge in [0, 0.05) is 16.7 Å². The van der Waals surface area contributed by atoms with E-state index in [0.29, 0.717) is 10.9 Å². The largest absolute Gasteiger partial charge is 0.495 e. The third kappa shape index (κ3) is 4.07. The summed E-state index contributed by atoms with van der Waals surface area (Å²) < 4.78 is 32.2. The summed E-state index contributed by atoms with van der Waals surface area (Å²) in [6, 6.07) is 2.80. The Bertz CT molecular complexity index is 548. The molecule has 0 spiro atoms. The van der Waals surface area contributed by atoms with Crippen LogP contribution in [0.5, 0.6) is 5.75 Å². The molecule has 1 atom stereocenters. The van der Waals surface area contributed by atoms with Crippen LogP contribution in [0.2, 0.25) is 0 Å². The average molecular weight is 353 g/mol. The number of anilines is 1. The van der Waals surface area contributed by atoms with Gasteiger partial charge in [0.2, 0.25) is 10.0 Å². The zero-order valence-electron chi connectivity index (χ0n) is 10.7. The molecule has 0 aliphatic carbocycles. The van der Waals surface area contributed by atoms with E-state index in [1.54, 1.807) is 6.92 Å². The molecule has 0 aromatic heterocycles. The second-order valence-electron chi connectivity index (χ2n) is 3.94. The van der Waals surface area contributed by atoms with Crippen LogP contribution in [0.3, 0.4) is 0 Å². The Balaban J connectivity index is 3.10. The molecule has 1 rings (SSSR count). The molecule has 0 amide bonds. The molecule has 0 saturated carbocycles. The highest BCUT2D eigenvalue weighted by Gasteiger charge is 2.21. The van der Waals surface area contributed by atoms with Crippen LogP contribution in [0.4, 0.5) is 5.69 Å². The predicted molar refractivity (Wildman–Crippen MR) is 76.6 cm³/mol. The summed E-state index contributed by atoms with van der Waals surface area (Å²) in [5.41, 5.74) is 5.97. The van der Waals surface area contributed by atoms with Crippen LogP contribution < -0.4 is 15.2 Å².